The second-order valence-electron chi connectivity index (χ2n) is 8.32. The molecule has 3 heterocycles. The van der Waals surface area contributed by atoms with Crippen LogP contribution < -0.4 is 0 Å². The predicted molar refractivity (Wildman–Crippen MR) is 130 cm³/mol. The first-order valence-corrected chi connectivity index (χ1v) is 14.2. The molecule has 2 aliphatic rings. The molecule has 6 nitrogen and oxygen atoms in total. The van der Waals surface area contributed by atoms with Gasteiger partial charge in [0.05, 0.1) is 28.6 Å². The monoisotopic (exact) mass is 535 g/mol. The Morgan fingerprint density at radius 3 is 2.59 bits per heavy atom. The summed E-state index contributed by atoms with van der Waals surface area (Å²) in [5, 5.41) is 0.897. The highest BCUT2D eigenvalue weighted by atomic mass is 79.9. The van der Waals surface area contributed by atoms with Gasteiger partial charge in [-0.2, -0.15) is 4.31 Å². The molecule has 0 N–H and O–H groups in total. The van der Waals surface area contributed by atoms with Crippen LogP contribution in [0, 0.1) is 0 Å². The van der Waals surface area contributed by atoms with Crippen molar-refractivity contribution < 1.29 is 13.2 Å². The fourth-order valence-electron chi connectivity index (χ4n) is 4.33. The van der Waals surface area contributed by atoms with E-state index in [1.165, 1.54) is 5.56 Å². The van der Waals surface area contributed by atoms with Crippen LogP contribution in [0.25, 0.3) is 11.0 Å². The standard InChI is InChI=1S/C23H26BrN3O3S2/c24-18-7-5-17(6-8-18)16-31-23-25-21-14-20(32(28,29)26-11-1-2-12-26)9-10-22(21)27(23)15-19-4-3-13-30-19/h5-10,14,19H,1-4,11-13,15-16H2. The zero-order valence-electron chi connectivity index (χ0n) is 17.7. The Labute approximate surface area is 201 Å². The quantitative estimate of drug-likeness (QED) is 0.396. The molecule has 1 aromatic heterocycles. The first-order valence-electron chi connectivity index (χ1n) is 11.0. The van der Waals surface area contributed by atoms with Gasteiger partial charge in [-0.1, -0.05) is 39.8 Å². The molecule has 1 unspecified atom stereocenters. The number of nitrogens with zero attached hydrogens (tertiary/aromatic N) is 3. The number of ether oxygens (including phenoxy) is 1. The fourth-order valence-corrected chi connectivity index (χ4v) is 7.11. The number of hydrogen-bond donors (Lipinski definition) is 0. The molecule has 170 valence electrons. The van der Waals surface area contributed by atoms with Crippen LogP contribution in [0.3, 0.4) is 0 Å². The minimum atomic E-state index is -3.47. The first kappa shape index (κ1) is 22.4. The second kappa shape index (κ2) is 9.46. The van der Waals surface area contributed by atoms with Gasteiger partial charge >= 0.3 is 0 Å². The van der Waals surface area contributed by atoms with E-state index < -0.39 is 10.0 Å². The van der Waals surface area contributed by atoms with Gasteiger partial charge in [-0.3, -0.25) is 0 Å². The average Bonchev–Trinajstić information content (AvgIpc) is 3.56. The van der Waals surface area contributed by atoms with Crippen molar-refractivity contribution in [3.63, 3.8) is 0 Å². The Balaban J connectivity index is 1.47. The van der Waals surface area contributed by atoms with E-state index in [0.29, 0.717) is 18.0 Å². The first-order chi connectivity index (χ1) is 15.5. The summed E-state index contributed by atoms with van der Waals surface area (Å²) in [5.41, 5.74) is 2.90. The second-order valence-corrected chi connectivity index (χ2v) is 12.1. The minimum Gasteiger partial charge on any atom is -0.376 e. The summed E-state index contributed by atoms with van der Waals surface area (Å²) in [7, 11) is -3.47. The topological polar surface area (TPSA) is 64.4 Å². The van der Waals surface area contributed by atoms with E-state index in [4.69, 9.17) is 9.72 Å². The van der Waals surface area contributed by atoms with E-state index in [2.05, 4.69) is 32.6 Å². The Morgan fingerprint density at radius 1 is 1.09 bits per heavy atom. The summed E-state index contributed by atoms with van der Waals surface area (Å²) < 4.78 is 36.8. The molecule has 2 aliphatic heterocycles. The molecule has 9 heteroatoms. The molecule has 0 radical (unpaired) electrons. The van der Waals surface area contributed by atoms with Crippen molar-refractivity contribution in [2.24, 2.45) is 0 Å². The number of sulfonamides is 1. The third-order valence-electron chi connectivity index (χ3n) is 6.08. The smallest absolute Gasteiger partial charge is 0.243 e. The summed E-state index contributed by atoms with van der Waals surface area (Å²) >= 11 is 5.16. The van der Waals surface area contributed by atoms with Crippen LogP contribution in [0.15, 0.2) is 57.0 Å². The molecule has 0 spiro atoms. The number of benzene rings is 2. The molecule has 0 saturated carbocycles. The van der Waals surface area contributed by atoms with Crippen LogP contribution in [-0.4, -0.2) is 48.1 Å². The van der Waals surface area contributed by atoms with E-state index in [0.717, 1.165) is 65.3 Å². The maximum absolute atomic E-state index is 13.0. The van der Waals surface area contributed by atoms with Crippen molar-refractivity contribution in [3.05, 3.63) is 52.5 Å². The summed E-state index contributed by atoms with van der Waals surface area (Å²) in [5.74, 6) is 0.793. The number of halogens is 1. The summed E-state index contributed by atoms with van der Waals surface area (Å²) in [6, 6.07) is 13.7. The Hall–Kier alpha value is -1.39. The van der Waals surface area contributed by atoms with Gasteiger partial charge in [0.1, 0.15) is 0 Å². The molecule has 0 amide bonds. The van der Waals surface area contributed by atoms with Gasteiger partial charge in [-0.05, 0) is 61.6 Å². The highest BCUT2D eigenvalue weighted by Crippen LogP contribution is 2.31. The van der Waals surface area contributed by atoms with Crippen molar-refractivity contribution in [1.82, 2.24) is 13.9 Å². The number of rotatable bonds is 7. The Morgan fingerprint density at radius 2 is 1.88 bits per heavy atom. The summed E-state index contributed by atoms with van der Waals surface area (Å²) in [6.45, 7) is 2.73. The number of thioether (sulfide) groups is 1. The minimum absolute atomic E-state index is 0.174. The van der Waals surface area contributed by atoms with Gasteiger partial charge in [0.25, 0.3) is 0 Å². The van der Waals surface area contributed by atoms with Gasteiger partial charge < -0.3 is 9.30 Å². The fraction of sp³-hybridized carbons (Fsp3) is 0.435. The van der Waals surface area contributed by atoms with E-state index >= 15 is 0 Å². The van der Waals surface area contributed by atoms with E-state index in [-0.39, 0.29) is 6.10 Å². The van der Waals surface area contributed by atoms with Crippen LogP contribution in [-0.2, 0) is 27.1 Å². The molecular weight excluding hydrogens is 510 g/mol. The maximum Gasteiger partial charge on any atom is 0.243 e. The number of imidazole rings is 1. The van der Waals surface area contributed by atoms with E-state index in [1.807, 2.05) is 18.2 Å². The highest BCUT2D eigenvalue weighted by molar-refractivity contribution is 9.10. The Kier molecular flexibility index (Phi) is 6.63. The van der Waals surface area contributed by atoms with E-state index in [9.17, 15) is 8.42 Å². The lowest BCUT2D eigenvalue weighted by Crippen LogP contribution is -2.27. The van der Waals surface area contributed by atoms with Crippen LogP contribution in [0.4, 0.5) is 0 Å². The molecule has 2 aromatic carbocycles. The predicted octanol–water partition coefficient (Wildman–Crippen LogP) is 5.05. The molecule has 32 heavy (non-hydrogen) atoms. The van der Waals surface area contributed by atoms with Gasteiger partial charge in [-0.25, -0.2) is 13.4 Å². The average molecular weight is 537 g/mol. The van der Waals surface area contributed by atoms with Crippen molar-refractivity contribution in [1.29, 1.82) is 0 Å². The third kappa shape index (κ3) is 4.63. The van der Waals surface area contributed by atoms with Crippen molar-refractivity contribution in [2.45, 2.75) is 54.1 Å². The number of hydrogen-bond acceptors (Lipinski definition) is 5. The van der Waals surface area contributed by atoms with Crippen LogP contribution in [0.2, 0.25) is 0 Å². The molecule has 2 saturated heterocycles. The van der Waals surface area contributed by atoms with Gasteiger partial charge in [-0.15, -0.1) is 0 Å². The molecule has 0 bridgehead atoms. The summed E-state index contributed by atoms with van der Waals surface area (Å²) in [6.07, 6.45) is 4.14. The molecule has 2 fully saturated rings. The lowest BCUT2D eigenvalue weighted by atomic mass is 10.2. The zero-order chi connectivity index (χ0) is 22.1. The SMILES string of the molecule is O=S(=O)(c1ccc2c(c1)nc(SCc1ccc(Br)cc1)n2CC1CCCO1)N1CCCC1. The third-order valence-corrected chi connectivity index (χ3v) is 9.55. The van der Waals surface area contributed by atoms with Crippen LogP contribution in [0.5, 0.6) is 0 Å². The molecule has 0 aliphatic carbocycles. The zero-order valence-corrected chi connectivity index (χ0v) is 21.0. The normalized spacial score (nSPS) is 19.8. The van der Waals surface area contributed by atoms with Crippen molar-refractivity contribution >= 4 is 48.7 Å². The largest absolute Gasteiger partial charge is 0.376 e. The molecular formula is C23H26BrN3O3S2. The van der Waals surface area contributed by atoms with Gasteiger partial charge in [0.2, 0.25) is 10.0 Å². The lowest BCUT2D eigenvalue weighted by Gasteiger charge is -2.16. The Bertz CT molecular complexity index is 1200. The van der Waals surface area contributed by atoms with E-state index in [1.54, 1.807) is 28.2 Å². The maximum atomic E-state index is 13.0. The van der Waals surface area contributed by atoms with Gasteiger partial charge in [0, 0.05) is 29.9 Å². The summed E-state index contributed by atoms with van der Waals surface area (Å²) in [4.78, 5) is 5.20. The molecule has 1 atom stereocenters. The number of fused-ring (bicyclic) bond motifs is 1. The molecule has 3 aromatic rings. The highest BCUT2D eigenvalue weighted by Gasteiger charge is 2.28. The van der Waals surface area contributed by atoms with Crippen LogP contribution in [0.1, 0.15) is 31.2 Å². The van der Waals surface area contributed by atoms with Gasteiger partial charge in [0.15, 0.2) is 5.16 Å². The molecule has 5 rings (SSSR count). The van der Waals surface area contributed by atoms with Crippen LogP contribution >= 0.6 is 27.7 Å². The van der Waals surface area contributed by atoms with Crippen molar-refractivity contribution in [3.8, 4) is 0 Å². The number of aromatic nitrogens is 2. The lowest BCUT2D eigenvalue weighted by molar-refractivity contribution is 0.0960. The van der Waals surface area contributed by atoms with Crippen molar-refractivity contribution in [2.75, 3.05) is 19.7 Å².